The zero-order valence-electron chi connectivity index (χ0n) is 7.82. The maximum absolute atomic E-state index is 5.18. The SMILES string of the molecule is C[N+](C)(CS)CCCN=C(N)N. The predicted molar refractivity (Wildman–Crippen MR) is 56.1 cm³/mol. The number of aliphatic imine (C=N–C) groups is 1. The summed E-state index contributed by atoms with van der Waals surface area (Å²) in [6, 6.07) is 0. The van der Waals surface area contributed by atoms with Gasteiger partial charge in [-0.2, -0.15) is 0 Å². The van der Waals surface area contributed by atoms with Crippen LogP contribution in [0, 0.1) is 0 Å². The van der Waals surface area contributed by atoms with E-state index in [2.05, 4.69) is 31.7 Å². The minimum absolute atomic E-state index is 0.172. The Morgan fingerprint density at radius 2 is 2.00 bits per heavy atom. The van der Waals surface area contributed by atoms with E-state index in [0.717, 1.165) is 23.3 Å². The van der Waals surface area contributed by atoms with Gasteiger partial charge in [0.1, 0.15) is 5.88 Å². The first kappa shape index (κ1) is 11.6. The number of thiol groups is 1. The van der Waals surface area contributed by atoms with Crippen LogP contribution in [0.5, 0.6) is 0 Å². The summed E-state index contributed by atoms with van der Waals surface area (Å²) in [5, 5.41) is 0. The summed E-state index contributed by atoms with van der Waals surface area (Å²) >= 11 is 4.23. The summed E-state index contributed by atoms with van der Waals surface area (Å²) in [6.07, 6.45) is 0.992. The van der Waals surface area contributed by atoms with Crippen LogP contribution in [0.25, 0.3) is 0 Å². The van der Waals surface area contributed by atoms with Crippen LogP contribution in [0.4, 0.5) is 0 Å². The lowest BCUT2D eigenvalue weighted by molar-refractivity contribution is -0.877. The molecule has 5 heteroatoms. The topological polar surface area (TPSA) is 64.4 Å². The molecule has 0 heterocycles. The summed E-state index contributed by atoms with van der Waals surface area (Å²) in [4.78, 5) is 3.90. The van der Waals surface area contributed by atoms with Crippen molar-refractivity contribution >= 4 is 18.6 Å². The fraction of sp³-hybridized carbons (Fsp3) is 0.857. The largest absolute Gasteiger partial charge is 0.370 e. The molecule has 0 unspecified atom stereocenters. The predicted octanol–water partition coefficient (Wildman–Crippen LogP) is -0.386. The molecular weight excluding hydrogens is 172 g/mol. The second-order valence-electron chi connectivity index (χ2n) is 3.46. The second-order valence-corrected chi connectivity index (χ2v) is 3.74. The van der Waals surface area contributed by atoms with Crippen molar-refractivity contribution in [3.63, 3.8) is 0 Å². The van der Waals surface area contributed by atoms with E-state index in [1.54, 1.807) is 0 Å². The van der Waals surface area contributed by atoms with Gasteiger partial charge in [-0.1, -0.05) is 0 Å². The zero-order valence-corrected chi connectivity index (χ0v) is 8.72. The van der Waals surface area contributed by atoms with Gasteiger partial charge in [0.15, 0.2) is 5.96 Å². The van der Waals surface area contributed by atoms with Gasteiger partial charge in [0, 0.05) is 13.0 Å². The molecule has 0 rings (SSSR count). The molecule has 0 radical (unpaired) electrons. The zero-order chi connectivity index (χ0) is 9.61. The molecule has 0 saturated heterocycles. The minimum atomic E-state index is 0.172. The summed E-state index contributed by atoms with van der Waals surface area (Å²) in [6.45, 7) is 1.75. The fourth-order valence-electron chi connectivity index (χ4n) is 0.778. The normalized spacial score (nSPS) is 11.2. The van der Waals surface area contributed by atoms with Crippen LogP contribution in [-0.2, 0) is 0 Å². The highest BCUT2D eigenvalue weighted by atomic mass is 32.1. The van der Waals surface area contributed by atoms with E-state index in [0.29, 0.717) is 6.54 Å². The van der Waals surface area contributed by atoms with Crippen LogP contribution < -0.4 is 11.5 Å². The smallest absolute Gasteiger partial charge is 0.185 e. The second kappa shape index (κ2) is 5.27. The third-order valence-corrected chi connectivity index (χ3v) is 2.36. The van der Waals surface area contributed by atoms with Crippen molar-refractivity contribution in [2.24, 2.45) is 16.5 Å². The van der Waals surface area contributed by atoms with Crippen molar-refractivity contribution in [1.82, 2.24) is 0 Å². The standard InChI is InChI=1S/C7H18N4S/c1-11(2,6-12)5-3-4-10-7(8)9/h3-6H2,1-2H3,(H4-,8,9,10,12)/p+1. The van der Waals surface area contributed by atoms with Gasteiger partial charge in [0.2, 0.25) is 0 Å². The number of rotatable bonds is 5. The lowest BCUT2D eigenvalue weighted by Gasteiger charge is -2.26. The Kier molecular flexibility index (Phi) is 5.08. The number of guanidine groups is 1. The summed E-state index contributed by atoms with van der Waals surface area (Å²) in [5.74, 6) is 1.01. The maximum Gasteiger partial charge on any atom is 0.185 e. The van der Waals surface area contributed by atoms with E-state index >= 15 is 0 Å². The third-order valence-electron chi connectivity index (χ3n) is 1.60. The number of hydrogen-bond acceptors (Lipinski definition) is 2. The average molecular weight is 191 g/mol. The molecule has 0 amide bonds. The van der Waals surface area contributed by atoms with E-state index in [1.807, 2.05) is 0 Å². The highest BCUT2D eigenvalue weighted by molar-refractivity contribution is 7.80. The number of nitrogens with zero attached hydrogens (tertiary/aromatic N) is 2. The van der Waals surface area contributed by atoms with Crippen LogP contribution in [0.1, 0.15) is 6.42 Å². The van der Waals surface area contributed by atoms with E-state index in [9.17, 15) is 0 Å². The highest BCUT2D eigenvalue weighted by Crippen LogP contribution is 2.00. The minimum Gasteiger partial charge on any atom is -0.370 e. The molecule has 72 valence electrons. The average Bonchev–Trinajstić information content (AvgIpc) is 1.98. The molecule has 0 aliphatic carbocycles. The molecule has 0 aliphatic rings. The number of hydrogen-bond donors (Lipinski definition) is 3. The van der Waals surface area contributed by atoms with Crippen LogP contribution in [-0.4, -0.2) is 43.5 Å². The Morgan fingerprint density at radius 3 is 2.42 bits per heavy atom. The Morgan fingerprint density at radius 1 is 1.42 bits per heavy atom. The van der Waals surface area contributed by atoms with Crippen molar-refractivity contribution in [1.29, 1.82) is 0 Å². The molecule has 0 bridgehead atoms. The van der Waals surface area contributed by atoms with Crippen molar-refractivity contribution < 1.29 is 4.48 Å². The molecular formula is C7H19N4S+. The van der Waals surface area contributed by atoms with E-state index in [4.69, 9.17) is 11.5 Å². The van der Waals surface area contributed by atoms with E-state index in [-0.39, 0.29) is 5.96 Å². The van der Waals surface area contributed by atoms with Gasteiger partial charge in [-0.25, -0.2) is 0 Å². The lowest BCUT2D eigenvalue weighted by atomic mass is 10.4. The van der Waals surface area contributed by atoms with Gasteiger partial charge in [-0.05, 0) is 0 Å². The number of quaternary nitrogens is 1. The molecule has 0 aromatic rings. The van der Waals surface area contributed by atoms with Crippen molar-refractivity contribution in [3.8, 4) is 0 Å². The first-order valence-electron chi connectivity index (χ1n) is 3.96. The molecule has 0 fully saturated rings. The van der Waals surface area contributed by atoms with Gasteiger partial charge in [-0.3, -0.25) is 4.99 Å². The Bertz CT molecular complexity index is 151. The first-order chi connectivity index (χ1) is 5.48. The van der Waals surface area contributed by atoms with E-state index < -0.39 is 0 Å². The van der Waals surface area contributed by atoms with Crippen LogP contribution >= 0.6 is 12.6 Å². The Balaban J connectivity index is 3.50. The van der Waals surface area contributed by atoms with Gasteiger partial charge in [0.25, 0.3) is 0 Å². The molecule has 0 atom stereocenters. The van der Waals surface area contributed by atoms with E-state index in [1.165, 1.54) is 0 Å². The van der Waals surface area contributed by atoms with Crippen molar-refractivity contribution in [2.75, 3.05) is 33.1 Å². The molecule has 0 aromatic carbocycles. The van der Waals surface area contributed by atoms with Crippen LogP contribution in [0.2, 0.25) is 0 Å². The highest BCUT2D eigenvalue weighted by Gasteiger charge is 2.10. The molecule has 0 aromatic heterocycles. The third kappa shape index (κ3) is 6.30. The fourth-order valence-corrected chi connectivity index (χ4v) is 0.919. The van der Waals surface area contributed by atoms with Crippen LogP contribution in [0.15, 0.2) is 4.99 Å². The molecule has 0 saturated carbocycles. The molecule has 0 aliphatic heterocycles. The Labute approximate surface area is 79.6 Å². The quantitative estimate of drug-likeness (QED) is 0.138. The van der Waals surface area contributed by atoms with Gasteiger partial charge >= 0.3 is 0 Å². The molecule has 4 nitrogen and oxygen atoms in total. The maximum atomic E-state index is 5.18. The number of nitrogens with two attached hydrogens (primary N) is 2. The summed E-state index contributed by atoms with van der Waals surface area (Å²) in [5.41, 5.74) is 10.4. The van der Waals surface area contributed by atoms with Crippen molar-refractivity contribution in [2.45, 2.75) is 6.42 Å². The first-order valence-corrected chi connectivity index (χ1v) is 4.59. The monoisotopic (exact) mass is 191 g/mol. The summed E-state index contributed by atoms with van der Waals surface area (Å²) in [7, 11) is 4.25. The summed E-state index contributed by atoms with van der Waals surface area (Å²) < 4.78 is 0.892. The molecule has 0 spiro atoms. The van der Waals surface area contributed by atoms with Gasteiger partial charge in [0.05, 0.1) is 20.6 Å². The lowest BCUT2D eigenvalue weighted by Crippen LogP contribution is -2.39. The van der Waals surface area contributed by atoms with Crippen LogP contribution in [0.3, 0.4) is 0 Å². The molecule has 4 N–H and O–H groups in total. The van der Waals surface area contributed by atoms with Gasteiger partial charge < -0.3 is 16.0 Å². The molecule has 12 heavy (non-hydrogen) atoms. The van der Waals surface area contributed by atoms with Gasteiger partial charge in [-0.15, -0.1) is 12.6 Å². The van der Waals surface area contributed by atoms with Crippen molar-refractivity contribution in [3.05, 3.63) is 0 Å². The Hall–Kier alpha value is -0.420.